The molecule has 4 heteroatoms. The molecule has 0 radical (unpaired) electrons. The first kappa shape index (κ1) is 39.5. The first-order chi connectivity index (χ1) is 29.9. The van der Waals surface area contributed by atoms with Gasteiger partial charge in [0.05, 0.1) is 11.6 Å². The van der Waals surface area contributed by atoms with E-state index in [1.807, 2.05) is 54.6 Å². The molecule has 1 aromatic heterocycles. The lowest BCUT2D eigenvalue weighted by molar-refractivity contribution is 0.295. The number of nitriles is 1. The molecule has 1 heterocycles. The predicted molar refractivity (Wildman–Crippen MR) is 251 cm³/mol. The van der Waals surface area contributed by atoms with Crippen molar-refractivity contribution in [3.05, 3.63) is 187 Å². The van der Waals surface area contributed by atoms with Crippen LogP contribution in [0.1, 0.15) is 64.0 Å². The van der Waals surface area contributed by atoms with Gasteiger partial charge in [-0.15, -0.1) is 0 Å². The number of hydrogen-bond acceptors (Lipinski definition) is 4. The third kappa shape index (κ3) is 8.56. The van der Waals surface area contributed by atoms with Gasteiger partial charge in [0, 0.05) is 16.7 Å². The Balaban J connectivity index is 1.24. The monoisotopic (exact) mass is 790 g/mol. The van der Waals surface area contributed by atoms with E-state index in [9.17, 15) is 5.26 Å². The summed E-state index contributed by atoms with van der Waals surface area (Å²) in [6, 6.07) is 64.1. The van der Waals surface area contributed by atoms with Gasteiger partial charge in [0.1, 0.15) is 0 Å². The maximum Gasteiger partial charge on any atom is 0.164 e. The van der Waals surface area contributed by atoms with Crippen LogP contribution < -0.4 is 0 Å². The zero-order chi connectivity index (χ0) is 41.8. The Hall–Kier alpha value is -6.96. The van der Waals surface area contributed by atoms with Gasteiger partial charge in [-0.2, -0.15) is 5.26 Å². The van der Waals surface area contributed by atoms with Crippen LogP contribution in [0.3, 0.4) is 0 Å². The molecule has 0 aliphatic heterocycles. The summed E-state index contributed by atoms with van der Waals surface area (Å²) in [5, 5.41) is 9.54. The highest BCUT2D eigenvalue weighted by molar-refractivity contribution is 5.85. The van der Waals surface area contributed by atoms with Crippen LogP contribution in [0.2, 0.25) is 0 Å². The van der Waals surface area contributed by atoms with Gasteiger partial charge in [-0.3, -0.25) is 0 Å². The summed E-state index contributed by atoms with van der Waals surface area (Å²) in [6.07, 6.45) is 6.23. The van der Waals surface area contributed by atoms with E-state index in [2.05, 4.69) is 148 Å². The summed E-state index contributed by atoms with van der Waals surface area (Å²) in [5.41, 5.74) is 13.9. The van der Waals surface area contributed by atoms with Gasteiger partial charge in [0.25, 0.3) is 0 Å². The van der Waals surface area contributed by atoms with Crippen molar-refractivity contribution in [1.29, 1.82) is 5.26 Å². The zero-order valence-corrected chi connectivity index (χ0v) is 35.2. The molecule has 1 aliphatic rings. The van der Waals surface area contributed by atoms with Crippen LogP contribution >= 0.6 is 0 Å². The zero-order valence-electron chi connectivity index (χ0n) is 35.2. The van der Waals surface area contributed by atoms with Crippen molar-refractivity contribution in [2.24, 2.45) is 11.8 Å². The molecule has 0 saturated heterocycles. The predicted octanol–water partition coefficient (Wildman–Crippen LogP) is 14.9. The SMILES string of the molecule is CCC1(c2ccc(-c3cc(-c4cc(-c5ccccc5)cc(-c5ccccc5)c4)cc(-c4nc(-c5ccccc5)nc(-c5ccc(C#N)cc5)n4)c3)cc2)C[C@H](C)CC[C@H](C)C1. The number of rotatable bonds is 9. The quantitative estimate of drug-likeness (QED) is 0.137. The minimum absolute atomic E-state index is 0.188. The summed E-state index contributed by atoms with van der Waals surface area (Å²) in [6.45, 7) is 7.26. The van der Waals surface area contributed by atoms with Gasteiger partial charge >= 0.3 is 0 Å². The topological polar surface area (TPSA) is 62.5 Å². The second kappa shape index (κ2) is 17.3. The van der Waals surface area contributed by atoms with Crippen molar-refractivity contribution >= 4 is 0 Å². The Morgan fingerprint density at radius 2 is 0.787 bits per heavy atom. The van der Waals surface area contributed by atoms with E-state index in [1.165, 1.54) is 31.2 Å². The van der Waals surface area contributed by atoms with Gasteiger partial charge in [-0.05, 0) is 147 Å². The van der Waals surface area contributed by atoms with Crippen molar-refractivity contribution < 1.29 is 0 Å². The molecule has 7 aromatic carbocycles. The average molecular weight is 791 g/mol. The van der Waals surface area contributed by atoms with Crippen LogP contribution in [0.5, 0.6) is 0 Å². The normalized spacial score (nSPS) is 17.6. The van der Waals surface area contributed by atoms with Crippen LogP contribution in [0, 0.1) is 23.2 Å². The van der Waals surface area contributed by atoms with Crippen molar-refractivity contribution in [3.8, 4) is 84.7 Å². The van der Waals surface area contributed by atoms with Crippen LogP contribution in [-0.4, -0.2) is 15.0 Å². The summed E-state index contributed by atoms with van der Waals surface area (Å²) in [4.78, 5) is 15.3. The van der Waals surface area contributed by atoms with Gasteiger partial charge < -0.3 is 0 Å². The molecule has 0 bridgehead atoms. The first-order valence-electron chi connectivity index (χ1n) is 21.7. The molecule has 1 aliphatic carbocycles. The van der Waals surface area contributed by atoms with Crippen molar-refractivity contribution in [2.45, 2.75) is 58.3 Å². The van der Waals surface area contributed by atoms with E-state index in [1.54, 1.807) is 0 Å². The maximum absolute atomic E-state index is 9.54. The van der Waals surface area contributed by atoms with Crippen molar-refractivity contribution in [2.75, 3.05) is 0 Å². The fourth-order valence-corrected chi connectivity index (χ4v) is 9.46. The molecule has 3 atom stereocenters. The van der Waals surface area contributed by atoms with Gasteiger partial charge in [-0.25, -0.2) is 15.0 Å². The largest absolute Gasteiger partial charge is 0.208 e. The lowest BCUT2D eigenvalue weighted by Crippen LogP contribution is -2.28. The van der Waals surface area contributed by atoms with Crippen LogP contribution in [0.25, 0.3) is 78.7 Å². The number of benzene rings is 7. The van der Waals surface area contributed by atoms with Crippen LogP contribution in [-0.2, 0) is 5.41 Å². The number of aromatic nitrogens is 3. The van der Waals surface area contributed by atoms with Crippen molar-refractivity contribution in [3.63, 3.8) is 0 Å². The van der Waals surface area contributed by atoms with Gasteiger partial charge in [0.2, 0.25) is 0 Å². The molecule has 0 amide bonds. The highest BCUT2D eigenvalue weighted by atomic mass is 15.0. The maximum atomic E-state index is 9.54. The minimum atomic E-state index is 0.188. The van der Waals surface area contributed by atoms with Crippen LogP contribution in [0.4, 0.5) is 0 Å². The first-order valence-corrected chi connectivity index (χ1v) is 21.7. The highest BCUT2D eigenvalue weighted by Crippen LogP contribution is 2.46. The van der Waals surface area contributed by atoms with E-state index in [4.69, 9.17) is 15.0 Å². The summed E-state index contributed by atoms with van der Waals surface area (Å²) < 4.78 is 0. The van der Waals surface area contributed by atoms with Gasteiger partial charge in [-0.1, -0.05) is 149 Å². The molecule has 1 fully saturated rings. The van der Waals surface area contributed by atoms with Crippen molar-refractivity contribution in [1.82, 2.24) is 15.0 Å². The Morgan fingerprint density at radius 3 is 1.21 bits per heavy atom. The minimum Gasteiger partial charge on any atom is -0.208 e. The van der Waals surface area contributed by atoms with E-state index in [-0.39, 0.29) is 5.41 Å². The molecule has 8 aromatic rings. The van der Waals surface area contributed by atoms with Gasteiger partial charge in [0.15, 0.2) is 17.5 Å². The fraction of sp³-hybridized carbons (Fsp3) is 0.193. The van der Waals surface area contributed by atoms with E-state index < -0.39 is 0 Å². The molecule has 1 unspecified atom stereocenters. The lowest BCUT2D eigenvalue weighted by Gasteiger charge is -2.35. The summed E-state index contributed by atoms with van der Waals surface area (Å²) in [7, 11) is 0. The third-order valence-corrected chi connectivity index (χ3v) is 12.7. The Morgan fingerprint density at radius 1 is 0.443 bits per heavy atom. The summed E-state index contributed by atoms with van der Waals surface area (Å²) in [5.74, 6) is 3.16. The highest BCUT2D eigenvalue weighted by Gasteiger charge is 2.36. The smallest absolute Gasteiger partial charge is 0.164 e. The Labute approximate surface area is 360 Å². The molecule has 0 N–H and O–H groups in total. The van der Waals surface area contributed by atoms with Crippen LogP contribution in [0.15, 0.2) is 176 Å². The second-order valence-electron chi connectivity index (χ2n) is 17.1. The molecular formula is C57H50N4. The molecule has 298 valence electrons. The Bertz CT molecular complexity index is 2740. The standard InChI is InChI=1S/C57H50N4/c1-4-57(36-39(2)20-21-40(3)37-57)53-28-26-44(27-29-53)49-33-51(50-31-47(42-14-8-5-9-15-42)30-48(32-50)43-16-10-6-11-17-43)35-52(34-49)56-60-54(45-18-12-7-13-19-45)59-55(61-56)46-24-22-41(38-58)23-25-46/h5-19,22-35,39-40H,4,20-21,36-37H2,1-3H3/t39-,40+,57?. The third-order valence-electron chi connectivity index (χ3n) is 12.7. The van der Waals surface area contributed by atoms with E-state index >= 15 is 0 Å². The van der Waals surface area contributed by atoms with E-state index in [0.717, 1.165) is 67.6 Å². The number of nitrogens with zero attached hydrogens (tertiary/aromatic N) is 4. The Kier molecular flexibility index (Phi) is 11.2. The molecule has 1 saturated carbocycles. The fourth-order valence-electron chi connectivity index (χ4n) is 9.46. The second-order valence-corrected chi connectivity index (χ2v) is 17.1. The molecule has 4 nitrogen and oxygen atoms in total. The molecule has 0 spiro atoms. The molecule has 61 heavy (non-hydrogen) atoms. The van der Waals surface area contributed by atoms with E-state index in [0.29, 0.717) is 34.9 Å². The lowest BCUT2D eigenvalue weighted by atomic mass is 9.69. The average Bonchev–Trinajstić information content (AvgIpc) is 3.49. The molecular weight excluding hydrogens is 741 g/mol. The number of hydrogen-bond donors (Lipinski definition) is 0. The summed E-state index contributed by atoms with van der Waals surface area (Å²) >= 11 is 0. The molecule has 9 rings (SSSR count).